The Labute approximate surface area is 147 Å². The third kappa shape index (κ3) is 4.09. The number of aromatic nitrogens is 1. The number of fused-ring (bicyclic) bond motifs is 1. The molecule has 0 saturated carbocycles. The maximum atomic E-state index is 12.3. The lowest BCUT2D eigenvalue weighted by atomic mass is 10.0. The van der Waals surface area contributed by atoms with Crippen LogP contribution in [0, 0.1) is 0 Å². The second kappa shape index (κ2) is 6.85. The summed E-state index contributed by atoms with van der Waals surface area (Å²) in [5.41, 5.74) is 2.17. The molecule has 1 atom stereocenters. The van der Waals surface area contributed by atoms with Gasteiger partial charge in [0.15, 0.2) is 0 Å². The summed E-state index contributed by atoms with van der Waals surface area (Å²) in [6, 6.07) is 11.8. The molecule has 1 N–H and O–H groups in total. The average Bonchev–Trinajstić information content (AvgIpc) is 2.86. The first-order valence-electron chi connectivity index (χ1n) is 8.09. The SMILES string of the molecule is CC(Sc1ccccn1)C(=O)NCc1ccc2c(c1)CC(C)(C)O2. The van der Waals surface area contributed by atoms with Crippen LogP contribution in [-0.4, -0.2) is 21.7 Å². The van der Waals surface area contributed by atoms with Gasteiger partial charge in [0.05, 0.1) is 10.3 Å². The van der Waals surface area contributed by atoms with Gasteiger partial charge in [-0.2, -0.15) is 0 Å². The Morgan fingerprint density at radius 3 is 2.96 bits per heavy atom. The number of hydrogen-bond donors (Lipinski definition) is 1. The molecule has 0 fully saturated rings. The van der Waals surface area contributed by atoms with E-state index < -0.39 is 0 Å². The van der Waals surface area contributed by atoms with Crippen molar-refractivity contribution in [2.24, 2.45) is 0 Å². The van der Waals surface area contributed by atoms with E-state index in [1.165, 1.54) is 17.3 Å². The number of amides is 1. The number of hydrogen-bond acceptors (Lipinski definition) is 4. The number of carbonyl (C=O) groups is 1. The van der Waals surface area contributed by atoms with Crippen LogP contribution in [0.1, 0.15) is 31.9 Å². The topological polar surface area (TPSA) is 51.2 Å². The molecule has 3 rings (SSSR count). The molecule has 2 heterocycles. The van der Waals surface area contributed by atoms with Crippen LogP contribution in [0.3, 0.4) is 0 Å². The van der Waals surface area contributed by atoms with Crippen LogP contribution in [0.5, 0.6) is 5.75 Å². The summed E-state index contributed by atoms with van der Waals surface area (Å²) in [6.07, 6.45) is 2.64. The van der Waals surface area contributed by atoms with Crippen LogP contribution >= 0.6 is 11.8 Å². The monoisotopic (exact) mass is 342 g/mol. The van der Waals surface area contributed by atoms with Crippen molar-refractivity contribution in [3.8, 4) is 5.75 Å². The number of carbonyl (C=O) groups excluding carboxylic acids is 1. The molecule has 0 saturated heterocycles. The quantitative estimate of drug-likeness (QED) is 0.844. The van der Waals surface area contributed by atoms with Crippen molar-refractivity contribution in [2.45, 2.75) is 49.6 Å². The van der Waals surface area contributed by atoms with Gasteiger partial charge < -0.3 is 10.1 Å². The minimum atomic E-state index is -0.184. The Morgan fingerprint density at radius 1 is 1.38 bits per heavy atom. The Bertz CT molecular complexity index is 731. The highest BCUT2D eigenvalue weighted by atomic mass is 32.2. The van der Waals surface area contributed by atoms with E-state index in [4.69, 9.17) is 4.74 Å². The molecule has 1 unspecified atom stereocenters. The van der Waals surface area contributed by atoms with E-state index in [0.717, 1.165) is 22.8 Å². The van der Waals surface area contributed by atoms with Gasteiger partial charge in [-0.05, 0) is 50.1 Å². The lowest BCUT2D eigenvalue weighted by Gasteiger charge is -2.16. The van der Waals surface area contributed by atoms with Crippen molar-refractivity contribution in [2.75, 3.05) is 0 Å². The van der Waals surface area contributed by atoms with Crippen molar-refractivity contribution in [3.63, 3.8) is 0 Å². The fourth-order valence-corrected chi connectivity index (χ4v) is 3.59. The Morgan fingerprint density at radius 2 is 2.21 bits per heavy atom. The van der Waals surface area contributed by atoms with Gasteiger partial charge in [-0.25, -0.2) is 4.98 Å². The van der Waals surface area contributed by atoms with Crippen LogP contribution in [0.25, 0.3) is 0 Å². The van der Waals surface area contributed by atoms with Crippen molar-refractivity contribution in [1.82, 2.24) is 10.3 Å². The summed E-state index contributed by atoms with van der Waals surface area (Å²) in [6.45, 7) is 6.60. The molecule has 5 heteroatoms. The number of pyridine rings is 1. The third-order valence-electron chi connectivity index (χ3n) is 3.90. The van der Waals surface area contributed by atoms with Gasteiger partial charge in [0.25, 0.3) is 0 Å². The first kappa shape index (κ1) is 16.8. The summed E-state index contributed by atoms with van der Waals surface area (Å²) in [7, 11) is 0. The van der Waals surface area contributed by atoms with Crippen LogP contribution < -0.4 is 10.1 Å². The highest BCUT2D eigenvalue weighted by molar-refractivity contribution is 8.00. The fourth-order valence-electron chi connectivity index (χ4n) is 2.76. The van der Waals surface area contributed by atoms with Crippen LogP contribution in [0.15, 0.2) is 47.6 Å². The molecule has 1 amide bonds. The average molecular weight is 342 g/mol. The summed E-state index contributed by atoms with van der Waals surface area (Å²) in [4.78, 5) is 16.5. The van der Waals surface area contributed by atoms with Gasteiger partial charge in [-0.1, -0.05) is 30.0 Å². The standard InChI is InChI=1S/C19H22N2O2S/c1-13(24-17-6-4-5-9-20-17)18(22)21-12-14-7-8-16-15(10-14)11-19(2,3)23-16/h4-10,13H,11-12H2,1-3H3,(H,21,22). The second-order valence-corrected chi connectivity index (χ2v) is 7.99. The Balaban J connectivity index is 1.55. The zero-order valence-corrected chi connectivity index (χ0v) is 15.0. The summed E-state index contributed by atoms with van der Waals surface area (Å²) < 4.78 is 5.88. The largest absolute Gasteiger partial charge is 0.487 e. The summed E-state index contributed by atoms with van der Waals surface area (Å²) in [5, 5.41) is 3.68. The van der Waals surface area contributed by atoms with E-state index in [9.17, 15) is 4.79 Å². The molecule has 2 aromatic rings. The van der Waals surface area contributed by atoms with Gasteiger partial charge in [0.2, 0.25) is 5.91 Å². The van der Waals surface area contributed by atoms with Crippen LogP contribution in [0.2, 0.25) is 0 Å². The van der Waals surface area contributed by atoms with Crippen LogP contribution in [-0.2, 0) is 17.8 Å². The zero-order valence-electron chi connectivity index (χ0n) is 14.2. The molecular weight excluding hydrogens is 320 g/mol. The zero-order chi connectivity index (χ0) is 17.2. The minimum Gasteiger partial charge on any atom is -0.487 e. The highest BCUT2D eigenvalue weighted by Gasteiger charge is 2.29. The van der Waals surface area contributed by atoms with Gasteiger partial charge in [-0.3, -0.25) is 4.79 Å². The summed E-state index contributed by atoms with van der Waals surface area (Å²) in [5.74, 6) is 0.969. The predicted molar refractivity (Wildman–Crippen MR) is 96.3 cm³/mol. The lowest BCUT2D eigenvalue weighted by molar-refractivity contribution is -0.120. The molecule has 1 aromatic heterocycles. The minimum absolute atomic E-state index is 0.0164. The number of nitrogens with one attached hydrogen (secondary N) is 1. The maximum absolute atomic E-state index is 12.3. The van der Waals surface area contributed by atoms with Crippen molar-refractivity contribution >= 4 is 17.7 Å². The first-order valence-corrected chi connectivity index (χ1v) is 8.97. The second-order valence-electron chi connectivity index (χ2n) is 6.63. The summed E-state index contributed by atoms with van der Waals surface area (Å²) >= 11 is 1.46. The molecule has 0 radical (unpaired) electrons. The Hall–Kier alpha value is -2.01. The van der Waals surface area contributed by atoms with Crippen molar-refractivity contribution in [1.29, 1.82) is 0 Å². The number of rotatable bonds is 5. The van der Waals surface area contributed by atoms with Gasteiger partial charge in [0.1, 0.15) is 11.4 Å². The van der Waals surface area contributed by atoms with E-state index >= 15 is 0 Å². The molecule has 0 spiro atoms. The molecule has 126 valence electrons. The van der Waals surface area contributed by atoms with Gasteiger partial charge >= 0.3 is 0 Å². The van der Waals surface area contributed by atoms with E-state index in [1.54, 1.807) is 6.20 Å². The van der Waals surface area contributed by atoms with Crippen molar-refractivity contribution in [3.05, 3.63) is 53.7 Å². The predicted octanol–water partition coefficient (Wildman–Crippen LogP) is 3.59. The normalized spacial score (nSPS) is 16.1. The molecule has 0 bridgehead atoms. The number of thioether (sulfide) groups is 1. The molecule has 24 heavy (non-hydrogen) atoms. The van der Waals surface area contributed by atoms with Gasteiger partial charge in [-0.15, -0.1) is 0 Å². The number of nitrogens with zero attached hydrogens (tertiary/aromatic N) is 1. The van der Waals surface area contributed by atoms with E-state index in [1.807, 2.05) is 37.3 Å². The molecular formula is C19H22N2O2S. The third-order valence-corrected chi connectivity index (χ3v) is 4.95. The lowest BCUT2D eigenvalue weighted by Crippen LogP contribution is -2.30. The van der Waals surface area contributed by atoms with E-state index in [-0.39, 0.29) is 16.8 Å². The number of ether oxygens (including phenoxy) is 1. The number of benzene rings is 1. The molecule has 4 nitrogen and oxygen atoms in total. The fraction of sp³-hybridized carbons (Fsp3) is 0.368. The first-order chi connectivity index (χ1) is 11.4. The van der Waals surface area contributed by atoms with Crippen LogP contribution in [0.4, 0.5) is 0 Å². The van der Waals surface area contributed by atoms with E-state index in [2.05, 4.69) is 30.2 Å². The Kier molecular flexibility index (Phi) is 4.81. The smallest absolute Gasteiger partial charge is 0.233 e. The van der Waals surface area contributed by atoms with Crippen molar-refractivity contribution < 1.29 is 9.53 Å². The van der Waals surface area contributed by atoms with E-state index in [0.29, 0.717) is 6.54 Å². The molecule has 0 aliphatic carbocycles. The highest BCUT2D eigenvalue weighted by Crippen LogP contribution is 2.35. The molecule has 1 aliphatic heterocycles. The molecule has 1 aromatic carbocycles. The maximum Gasteiger partial charge on any atom is 0.233 e. The van der Waals surface area contributed by atoms with Gasteiger partial charge in [0, 0.05) is 19.2 Å². The molecule has 1 aliphatic rings.